The Morgan fingerprint density at radius 3 is 2.67 bits per heavy atom. The van der Waals surface area contributed by atoms with E-state index in [1.54, 1.807) is 4.68 Å². The van der Waals surface area contributed by atoms with Gasteiger partial charge in [0, 0.05) is 0 Å². The molecule has 2 N–H and O–H groups in total. The molecule has 0 saturated carbocycles. The van der Waals surface area contributed by atoms with Gasteiger partial charge in [0.15, 0.2) is 0 Å². The van der Waals surface area contributed by atoms with Gasteiger partial charge in [-0.2, -0.15) is 4.68 Å². The molecule has 24 heavy (non-hydrogen) atoms. The van der Waals surface area contributed by atoms with Crippen LogP contribution in [0.25, 0.3) is 16.7 Å². The second kappa shape index (κ2) is 5.77. The maximum atomic E-state index is 4.61. The molecule has 1 unspecified atom stereocenters. The van der Waals surface area contributed by atoms with E-state index in [9.17, 15) is 0 Å². The summed E-state index contributed by atoms with van der Waals surface area (Å²) in [6, 6.07) is 15.9. The average molecular weight is 319 g/mol. The third kappa shape index (κ3) is 2.60. The van der Waals surface area contributed by atoms with E-state index >= 15 is 0 Å². The first kappa shape index (κ1) is 14.4. The number of para-hydroxylation sites is 2. The van der Waals surface area contributed by atoms with Crippen LogP contribution in [0.2, 0.25) is 0 Å². The molecule has 1 atom stereocenters. The first-order valence-electron chi connectivity index (χ1n) is 7.77. The maximum absolute atomic E-state index is 4.61. The number of imidazole rings is 1. The Morgan fingerprint density at radius 1 is 1.08 bits per heavy atom. The lowest BCUT2D eigenvalue weighted by atomic mass is 10.2. The molecule has 0 amide bonds. The van der Waals surface area contributed by atoms with Gasteiger partial charge < -0.3 is 10.3 Å². The maximum Gasteiger partial charge on any atom is 0.248 e. The van der Waals surface area contributed by atoms with Gasteiger partial charge in [0.05, 0.1) is 22.8 Å². The minimum absolute atomic E-state index is 0.0624. The van der Waals surface area contributed by atoms with Gasteiger partial charge in [-0.05, 0) is 48.5 Å². The summed E-state index contributed by atoms with van der Waals surface area (Å²) in [6.45, 7) is 4.07. The number of benzene rings is 2. The van der Waals surface area contributed by atoms with Crippen LogP contribution in [0, 0.1) is 6.92 Å². The molecule has 2 heterocycles. The molecule has 0 saturated heterocycles. The van der Waals surface area contributed by atoms with Gasteiger partial charge in [0.1, 0.15) is 5.82 Å². The van der Waals surface area contributed by atoms with Crippen molar-refractivity contribution in [2.24, 2.45) is 0 Å². The number of tetrazole rings is 1. The second-order valence-electron chi connectivity index (χ2n) is 5.76. The van der Waals surface area contributed by atoms with Crippen molar-refractivity contribution in [3.8, 4) is 5.69 Å². The van der Waals surface area contributed by atoms with E-state index in [1.807, 2.05) is 62.4 Å². The summed E-state index contributed by atoms with van der Waals surface area (Å²) in [5.74, 6) is 1.42. The summed E-state index contributed by atoms with van der Waals surface area (Å²) < 4.78 is 1.68. The van der Waals surface area contributed by atoms with E-state index in [1.165, 1.54) is 5.56 Å². The monoisotopic (exact) mass is 319 g/mol. The van der Waals surface area contributed by atoms with Crippen LogP contribution in [0.1, 0.15) is 24.4 Å². The largest absolute Gasteiger partial charge is 0.343 e. The van der Waals surface area contributed by atoms with Gasteiger partial charge in [0.2, 0.25) is 5.95 Å². The van der Waals surface area contributed by atoms with Crippen LogP contribution in [0.4, 0.5) is 5.95 Å². The number of nitrogens with zero attached hydrogens (tertiary/aromatic N) is 5. The summed E-state index contributed by atoms with van der Waals surface area (Å²) in [5.41, 5.74) is 4.06. The number of hydrogen-bond donors (Lipinski definition) is 2. The summed E-state index contributed by atoms with van der Waals surface area (Å²) >= 11 is 0. The van der Waals surface area contributed by atoms with E-state index < -0.39 is 0 Å². The SMILES string of the molecule is Cc1ccc(-n2nnnc2NC(C)c2nc3ccccc3[nH]2)cc1. The van der Waals surface area contributed by atoms with E-state index in [-0.39, 0.29) is 6.04 Å². The lowest BCUT2D eigenvalue weighted by Gasteiger charge is -2.12. The fourth-order valence-corrected chi connectivity index (χ4v) is 2.58. The molecule has 0 fully saturated rings. The number of aromatic nitrogens is 6. The summed E-state index contributed by atoms with van der Waals surface area (Å²) in [5, 5.41) is 15.2. The van der Waals surface area contributed by atoms with Crippen molar-refractivity contribution in [1.82, 2.24) is 30.2 Å². The third-order valence-corrected chi connectivity index (χ3v) is 3.91. The van der Waals surface area contributed by atoms with Gasteiger partial charge in [-0.15, -0.1) is 0 Å². The Labute approximate surface area is 138 Å². The van der Waals surface area contributed by atoms with E-state index in [2.05, 4.69) is 30.8 Å². The van der Waals surface area contributed by atoms with Crippen LogP contribution in [-0.4, -0.2) is 30.2 Å². The topological polar surface area (TPSA) is 84.3 Å². The number of rotatable bonds is 4. The van der Waals surface area contributed by atoms with E-state index in [0.717, 1.165) is 22.5 Å². The number of hydrogen-bond acceptors (Lipinski definition) is 5. The molecule has 0 aliphatic carbocycles. The minimum Gasteiger partial charge on any atom is -0.343 e. The standard InChI is InChI=1S/C17H17N7/c1-11-7-9-13(10-8-11)24-17(21-22-23-24)18-12(2)16-19-14-5-3-4-6-15(14)20-16/h3-10,12H,1-2H3,(H,19,20)(H,18,21,23). The zero-order chi connectivity index (χ0) is 16.5. The van der Waals surface area contributed by atoms with Gasteiger partial charge in [-0.1, -0.05) is 34.9 Å². The number of anilines is 1. The molecule has 120 valence electrons. The highest BCUT2D eigenvalue weighted by Crippen LogP contribution is 2.20. The summed E-state index contributed by atoms with van der Waals surface area (Å²) in [4.78, 5) is 7.93. The number of fused-ring (bicyclic) bond motifs is 1. The first-order chi connectivity index (χ1) is 11.7. The molecular weight excluding hydrogens is 302 g/mol. The fourth-order valence-electron chi connectivity index (χ4n) is 2.58. The minimum atomic E-state index is -0.0624. The third-order valence-electron chi connectivity index (χ3n) is 3.91. The Kier molecular flexibility index (Phi) is 3.45. The van der Waals surface area contributed by atoms with Crippen LogP contribution in [0.5, 0.6) is 0 Å². The summed E-state index contributed by atoms with van der Waals surface area (Å²) in [6.07, 6.45) is 0. The Hall–Kier alpha value is -3.22. The normalized spacial score (nSPS) is 12.4. The zero-order valence-electron chi connectivity index (χ0n) is 13.4. The molecule has 0 aliphatic rings. The smallest absolute Gasteiger partial charge is 0.248 e. The average Bonchev–Trinajstić information content (AvgIpc) is 3.22. The predicted octanol–water partition coefficient (Wildman–Crippen LogP) is 3.02. The number of nitrogens with one attached hydrogen (secondary N) is 2. The summed E-state index contributed by atoms with van der Waals surface area (Å²) in [7, 11) is 0. The lowest BCUT2D eigenvalue weighted by Crippen LogP contribution is -2.13. The molecular formula is C17H17N7. The lowest BCUT2D eigenvalue weighted by molar-refractivity contribution is 0.766. The highest BCUT2D eigenvalue weighted by atomic mass is 15.6. The van der Waals surface area contributed by atoms with Crippen LogP contribution in [-0.2, 0) is 0 Å². The molecule has 4 rings (SSSR count). The molecule has 2 aromatic heterocycles. The van der Waals surface area contributed by atoms with Crippen molar-refractivity contribution in [1.29, 1.82) is 0 Å². The van der Waals surface area contributed by atoms with Crippen molar-refractivity contribution in [2.75, 3.05) is 5.32 Å². The van der Waals surface area contributed by atoms with Crippen LogP contribution in [0.3, 0.4) is 0 Å². The second-order valence-corrected chi connectivity index (χ2v) is 5.76. The molecule has 0 spiro atoms. The van der Waals surface area contributed by atoms with Crippen LogP contribution < -0.4 is 5.32 Å². The van der Waals surface area contributed by atoms with E-state index in [0.29, 0.717) is 5.95 Å². The molecule has 2 aromatic carbocycles. The Bertz CT molecular complexity index is 935. The molecule has 7 heteroatoms. The first-order valence-corrected chi connectivity index (χ1v) is 7.77. The Morgan fingerprint density at radius 2 is 1.88 bits per heavy atom. The molecule has 7 nitrogen and oxygen atoms in total. The van der Waals surface area contributed by atoms with Crippen LogP contribution >= 0.6 is 0 Å². The zero-order valence-corrected chi connectivity index (χ0v) is 13.4. The highest BCUT2D eigenvalue weighted by molar-refractivity contribution is 5.74. The van der Waals surface area contributed by atoms with Gasteiger partial charge in [-0.25, -0.2) is 4.98 Å². The Balaban J connectivity index is 1.61. The number of aromatic amines is 1. The van der Waals surface area contributed by atoms with E-state index in [4.69, 9.17) is 0 Å². The van der Waals surface area contributed by atoms with Crippen molar-refractivity contribution in [3.05, 3.63) is 59.9 Å². The molecule has 0 radical (unpaired) electrons. The number of aryl methyl sites for hydroxylation is 1. The van der Waals surface area contributed by atoms with Crippen LogP contribution in [0.15, 0.2) is 48.5 Å². The van der Waals surface area contributed by atoms with Crippen molar-refractivity contribution < 1.29 is 0 Å². The number of H-pyrrole nitrogens is 1. The van der Waals surface area contributed by atoms with Crippen molar-refractivity contribution in [3.63, 3.8) is 0 Å². The van der Waals surface area contributed by atoms with Gasteiger partial charge in [-0.3, -0.25) is 0 Å². The molecule has 0 aliphatic heterocycles. The quantitative estimate of drug-likeness (QED) is 0.604. The van der Waals surface area contributed by atoms with Gasteiger partial charge in [0.25, 0.3) is 0 Å². The van der Waals surface area contributed by atoms with Crippen molar-refractivity contribution in [2.45, 2.75) is 19.9 Å². The highest BCUT2D eigenvalue weighted by Gasteiger charge is 2.15. The van der Waals surface area contributed by atoms with Gasteiger partial charge >= 0.3 is 0 Å². The molecule has 0 bridgehead atoms. The predicted molar refractivity (Wildman–Crippen MR) is 92.0 cm³/mol. The fraction of sp³-hybridized carbons (Fsp3) is 0.176. The van der Waals surface area contributed by atoms with Crippen molar-refractivity contribution >= 4 is 17.0 Å². The molecule has 4 aromatic rings.